The zero-order valence-corrected chi connectivity index (χ0v) is 19.1. The molecule has 32 heavy (non-hydrogen) atoms. The summed E-state index contributed by atoms with van der Waals surface area (Å²) >= 11 is 3.49. The molecule has 1 aromatic carbocycles. The summed E-state index contributed by atoms with van der Waals surface area (Å²) in [7, 11) is 0. The number of carbonyl (C=O) groups excluding carboxylic acids is 1. The quantitative estimate of drug-likeness (QED) is 0.322. The number of benzene rings is 1. The van der Waals surface area contributed by atoms with E-state index in [0.29, 0.717) is 41.5 Å². The van der Waals surface area contributed by atoms with Crippen LogP contribution in [0, 0.1) is 5.92 Å². The summed E-state index contributed by atoms with van der Waals surface area (Å²) < 4.78 is 0.730. The molecule has 166 valence electrons. The smallest absolute Gasteiger partial charge is 0.251 e. The maximum atomic E-state index is 12.5. The van der Waals surface area contributed by atoms with E-state index in [1.54, 1.807) is 18.3 Å². The maximum Gasteiger partial charge on any atom is 0.251 e. The number of aromatic nitrogens is 4. The second kappa shape index (κ2) is 9.25. The van der Waals surface area contributed by atoms with Crippen LogP contribution in [0.2, 0.25) is 0 Å². The van der Waals surface area contributed by atoms with Crippen molar-refractivity contribution in [3.8, 4) is 0 Å². The number of halogens is 1. The second-order valence-electron chi connectivity index (χ2n) is 8.27. The number of hydrogen-bond acceptors (Lipinski definition) is 7. The molecule has 0 bridgehead atoms. The summed E-state index contributed by atoms with van der Waals surface area (Å²) in [4.78, 5) is 21.4. The molecule has 1 amide bonds. The van der Waals surface area contributed by atoms with Gasteiger partial charge in [-0.2, -0.15) is 10.1 Å². The fraction of sp³-hybridized carbons (Fsp3) is 0.364. The van der Waals surface area contributed by atoms with Crippen LogP contribution in [0.1, 0.15) is 41.2 Å². The number of carbonyl (C=O) groups is 1. The van der Waals surface area contributed by atoms with E-state index in [1.165, 1.54) is 12.8 Å². The van der Waals surface area contributed by atoms with Gasteiger partial charge in [0.25, 0.3) is 5.91 Å². The average Bonchev–Trinajstić information content (AvgIpc) is 3.31. The van der Waals surface area contributed by atoms with Gasteiger partial charge in [0.1, 0.15) is 0 Å². The number of nitrogens with one attached hydrogen (secondary N) is 5. The number of amides is 1. The molecule has 5 rings (SSSR count). The fourth-order valence-corrected chi connectivity index (χ4v) is 4.03. The lowest BCUT2D eigenvalue weighted by Crippen LogP contribution is -2.30. The Kier molecular flexibility index (Phi) is 6.04. The summed E-state index contributed by atoms with van der Waals surface area (Å²) in [5.74, 6) is 2.76. The predicted octanol–water partition coefficient (Wildman–Crippen LogP) is 3.67. The summed E-state index contributed by atoms with van der Waals surface area (Å²) in [5.41, 5.74) is 2.49. The Balaban J connectivity index is 1.24. The van der Waals surface area contributed by atoms with Gasteiger partial charge < -0.3 is 21.3 Å². The number of anilines is 4. The number of nitrogens with zero attached hydrogens (tertiary/aromatic N) is 3. The molecule has 0 radical (unpaired) electrons. The standard InChI is InChI=1S/C22H25BrN8O/c23-17-12-26-22(29-20(17)28-19-9-18(30-31-19)14-4-5-14)27-16-3-1-2-15(8-16)21(32)25-11-13-6-7-24-10-13/h1-3,8-9,12-14,24H,4-7,10-11H2,(H,25,32)(H3,26,27,28,29,30,31)/t13-/m0/s1. The lowest BCUT2D eigenvalue weighted by atomic mass is 10.1. The normalized spacial score (nSPS) is 17.8. The summed E-state index contributed by atoms with van der Waals surface area (Å²) in [6.07, 6.45) is 5.20. The van der Waals surface area contributed by atoms with Crippen LogP contribution in [-0.4, -0.2) is 45.7 Å². The van der Waals surface area contributed by atoms with E-state index in [4.69, 9.17) is 0 Å². The van der Waals surface area contributed by atoms with Crippen molar-refractivity contribution in [2.75, 3.05) is 30.3 Å². The Bertz CT molecular complexity index is 1110. The Morgan fingerprint density at radius 1 is 1.19 bits per heavy atom. The first-order valence-corrected chi connectivity index (χ1v) is 11.6. The Morgan fingerprint density at radius 2 is 2.09 bits per heavy atom. The molecule has 2 aliphatic rings. The van der Waals surface area contributed by atoms with Crippen LogP contribution in [0.5, 0.6) is 0 Å². The van der Waals surface area contributed by atoms with E-state index < -0.39 is 0 Å². The fourth-order valence-electron chi connectivity index (χ4n) is 3.74. The monoisotopic (exact) mass is 496 g/mol. The topological polar surface area (TPSA) is 120 Å². The number of rotatable bonds is 8. The third-order valence-corrected chi connectivity index (χ3v) is 6.28. The molecule has 5 N–H and O–H groups in total. The second-order valence-corrected chi connectivity index (χ2v) is 9.13. The van der Waals surface area contributed by atoms with Crippen LogP contribution in [0.3, 0.4) is 0 Å². The molecule has 0 spiro atoms. The molecular weight excluding hydrogens is 472 g/mol. The van der Waals surface area contributed by atoms with E-state index in [9.17, 15) is 4.79 Å². The van der Waals surface area contributed by atoms with Crippen molar-refractivity contribution >= 4 is 45.1 Å². The van der Waals surface area contributed by atoms with Gasteiger partial charge in [0.15, 0.2) is 11.6 Å². The van der Waals surface area contributed by atoms with E-state index in [1.807, 2.05) is 18.2 Å². The van der Waals surface area contributed by atoms with E-state index in [2.05, 4.69) is 57.4 Å². The zero-order chi connectivity index (χ0) is 21.9. The molecule has 3 aromatic rings. The molecule has 10 heteroatoms. The molecule has 1 atom stereocenters. The van der Waals surface area contributed by atoms with Gasteiger partial charge in [0, 0.05) is 41.7 Å². The third kappa shape index (κ3) is 5.08. The van der Waals surface area contributed by atoms with Gasteiger partial charge in [-0.15, -0.1) is 0 Å². The van der Waals surface area contributed by atoms with Crippen LogP contribution in [0.4, 0.5) is 23.3 Å². The molecule has 3 heterocycles. The first-order valence-electron chi connectivity index (χ1n) is 10.8. The number of H-pyrrole nitrogens is 1. The van der Waals surface area contributed by atoms with E-state index >= 15 is 0 Å². The van der Waals surface area contributed by atoms with E-state index in [-0.39, 0.29) is 5.91 Å². The van der Waals surface area contributed by atoms with Crippen LogP contribution in [-0.2, 0) is 0 Å². The minimum atomic E-state index is -0.0790. The summed E-state index contributed by atoms with van der Waals surface area (Å²) in [6, 6.07) is 9.35. The Hall–Kier alpha value is -2.98. The van der Waals surface area contributed by atoms with Gasteiger partial charge in [0.2, 0.25) is 5.95 Å². The zero-order valence-electron chi connectivity index (χ0n) is 17.5. The molecule has 1 saturated heterocycles. The lowest BCUT2D eigenvalue weighted by molar-refractivity contribution is 0.0948. The number of aromatic amines is 1. The van der Waals surface area contributed by atoms with Gasteiger partial charge >= 0.3 is 0 Å². The van der Waals surface area contributed by atoms with Crippen molar-refractivity contribution in [2.45, 2.75) is 25.2 Å². The minimum Gasteiger partial charge on any atom is -0.352 e. The van der Waals surface area contributed by atoms with Gasteiger partial charge in [-0.05, 0) is 72.4 Å². The minimum absolute atomic E-state index is 0.0790. The molecule has 2 fully saturated rings. The number of hydrogen-bond donors (Lipinski definition) is 5. The molecule has 1 aliphatic heterocycles. The highest BCUT2D eigenvalue weighted by atomic mass is 79.9. The van der Waals surface area contributed by atoms with Crippen molar-refractivity contribution < 1.29 is 4.79 Å². The molecule has 1 saturated carbocycles. The lowest BCUT2D eigenvalue weighted by Gasteiger charge is -2.12. The maximum absolute atomic E-state index is 12.5. The molecule has 9 nitrogen and oxygen atoms in total. The van der Waals surface area contributed by atoms with E-state index in [0.717, 1.165) is 35.4 Å². The Morgan fingerprint density at radius 3 is 2.91 bits per heavy atom. The van der Waals surface area contributed by atoms with Crippen LogP contribution < -0.4 is 21.3 Å². The highest BCUT2D eigenvalue weighted by molar-refractivity contribution is 9.10. The van der Waals surface area contributed by atoms with Gasteiger partial charge in [-0.25, -0.2) is 4.98 Å². The van der Waals surface area contributed by atoms with Crippen LogP contribution in [0.15, 0.2) is 41.0 Å². The van der Waals surface area contributed by atoms with Crippen molar-refractivity contribution in [3.63, 3.8) is 0 Å². The Labute approximate surface area is 194 Å². The van der Waals surface area contributed by atoms with Crippen LogP contribution in [0.25, 0.3) is 0 Å². The highest BCUT2D eigenvalue weighted by Gasteiger charge is 2.25. The SMILES string of the molecule is O=C(NC[C@H]1CCNC1)c1cccc(Nc2ncc(Br)c(Nc3cc(C4CC4)[nH]n3)n2)c1. The molecular formula is C22H25BrN8O. The van der Waals surface area contributed by atoms with Crippen molar-refractivity contribution in [1.82, 2.24) is 30.8 Å². The summed E-state index contributed by atoms with van der Waals surface area (Å²) in [5, 5.41) is 20.1. The van der Waals surface area contributed by atoms with Gasteiger partial charge in [-0.3, -0.25) is 9.89 Å². The van der Waals surface area contributed by atoms with Crippen molar-refractivity contribution in [2.24, 2.45) is 5.92 Å². The van der Waals surface area contributed by atoms with Gasteiger partial charge in [0.05, 0.1) is 4.47 Å². The third-order valence-electron chi connectivity index (χ3n) is 5.70. The largest absolute Gasteiger partial charge is 0.352 e. The molecule has 1 aliphatic carbocycles. The van der Waals surface area contributed by atoms with Crippen molar-refractivity contribution in [1.29, 1.82) is 0 Å². The first kappa shape index (κ1) is 20.9. The molecule has 2 aromatic heterocycles. The molecule has 0 unspecified atom stereocenters. The average molecular weight is 497 g/mol. The van der Waals surface area contributed by atoms with Crippen LogP contribution >= 0.6 is 15.9 Å². The highest BCUT2D eigenvalue weighted by Crippen LogP contribution is 2.39. The predicted molar refractivity (Wildman–Crippen MR) is 127 cm³/mol. The van der Waals surface area contributed by atoms with Crippen molar-refractivity contribution in [3.05, 3.63) is 52.3 Å². The summed E-state index contributed by atoms with van der Waals surface area (Å²) in [6.45, 7) is 2.66. The first-order chi connectivity index (χ1) is 15.6. The van der Waals surface area contributed by atoms with Gasteiger partial charge in [-0.1, -0.05) is 6.07 Å².